The minimum Gasteiger partial charge on any atom is -0.466 e. The lowest BCUT2D eigenvalue weighted by molar-refractivity contribution is -0.149. The maximum Gasteiger partial charge on any atom is 0.310 e. The first-order valence-corrected chi connectivity index (χ1v) is 8.44. The van der Waals surface area contributed by atoms with Gasteiger partial charge in [0.05, 0.1) is 12.5 Å². The number of ether oxygens (including phenoxy) is 1. The zero-order valence-electron chi connectivity index (χ0n) is 13.8. The predicted molar refractivity (Wildman–Crippen MR) is 99.7 cm³/mol. The molecule has 0 aromatic rings. The van der Waals surface area contributed by atoms with E-state index in [9.17, 15) is 4.79 Å². The Kier molecular flexibility index (Phi) is 9.12. The molecule has 2 aliphatic rings. The molecule has 6 heteroatoms. The fourth-order valence-corrected chi connectivity index (χ4v) is 2.81. The maximum atomic E-state index is 11.9. The summed E-state index contributed by atoms with van der Waals surface area (Å²) in [4.78, 5) is 18.9. The molecule has 1 heterocycles. The molecule has 1 aliphatic heterocycles. The highest BCUT2D eigenvalue weighted by molar-refractivity contribution is 14.0. The molecule has 1 atom stereocenters. The molecule has 0 aromatic carbocycles. The lowest BCUT2D eigenvalue weighted by Crippen LogP contribution is -2.48. The number of nitrogens with zero attached hydrogens (tertiary/aromatic N) is 2. The Morgan fingerprint density at radius 1 is 1.32 bits per heavy atom. The van der Waals surface area contributed by atoms with Crippen molar-refractivity contribution in [1.29, 1.82) is 0 Å². The Balaban J connectivity index is 0.00000242. The van der Waals surface area contributed by atoms with Crippen molar-refractivity contribution in [3.63, 3.8) is 0 Å². The summed E-state index contributed by atoms with van der Waals surface area (Å²) in [5.41, 5.74) is 0. The predicted octanol–water partition coefficient (Wildman–Crippen LogP) is 2.65. The number of carbonyl (C=O) groups is 1. The molecule has 0 aromatic heterocycles. The molecule has 2 fully saturated rings. The molecule has 1 saturated carbocycles. The van der Waals surface area contributed by atoms with Gasteiger partial charge in [-0.3, -0.25) is 9.79 Å². The number of nitrogens with one attached hydrogen (secondary N) is 1. The minimum absolute atomic E-state index is 0. The quantitative estimate of drug-likeness (QED) is 0.309. The van der Waals surface area contributed by atoms with Crippen LogP contribution in [0.15, 0.2) is 4.99 Å². The molecule has 1 unspecified atom stereocenters. The number of piperidine rings is 1. The van der Waals surface area contributed by atoms with Crippen molar-refractivity contribution in [2.45, 2.75) is 46.0 Å². The third-order valence-corrected chi connectivity index (χ3v) is 4.17. The SMILES string of the molecule is CCNC(=NCCC1CC1)N1CCCC(C(=O)OCC)C1.I. The second-order valence-electron chi connectivity index (χ2n) is 6.00. The Hall–Kier alpha value is -0.530. The number of likely N-dealkylation sites (tertiary alicyclic amines) is 1. The second-order valence-corrected chi connectivity index (χ2v) is 6.00. The van der Waals surface area contributed by atoms with Gasteiger partial charge in [0, 0.05) is 26.2 Å². The smallest absolute Gasteiger partial charge is 0.310 e. The molecule has 0 amide bonds. The van der Waals surface area contributed by atoms with E-state index in [0.717, 1.165) is 50.9 Å². The third kappa shape index (κ3) is 6.30. The fourth-order valence-electron chi connectivity index (χ4n) is 2.81. The van der Waals surface area contributed by atoms with Gasteiger partial charge in [0.1, 0.15) is 0 Å². The lowest BCUT2D eigenvalue weighted by Gasteiger charge is -2.34. The topological polar surface area (TPSA) is 53.9 Å². The van der Waals surface area contributed by atoms with E-state index >= 15 is 0 Å². The first-order chi connectivity index (χ1) is 10.2. The number of aliphatic imine (C=N–C) groups is 1. The largest absolute Gasteiger partial charge is 0.466 e. The highest BCUT2D eigenvalue weighted by atomic mass is 127. The number of halogens is 1. The van der Waals surface area contributed by atoms with Crippen LogP contribution in [0.25, 0.3) is 0 Å². The number of carbonyl (C=O) groups excluding carboxylic acids is 1. The van der Waals surface area contributed by atoms with E-state index in [0.29, 0.717) is 6.61 Å². The van der Waals surface area contributed by atoms with Gasteiger partial charge in [-0.1, -0.05) is 12.8 Å². The van der Waals surface area contributed by atoms with Crippen LogP contribution in [-0.2, 0) is 9.53 Å². The number of guanidine groups is 1. The monoisotopic (exact) mass is 423 g/mol. The zero-order chi connectivity index (χ0) is 15.1. The molecule has 5 nitrogen and oxygen atoms in total. The maximum absolute atomic E-state index is 11.9. The summed E-state index contributed by atoms with van der Waals surface area (Å²) in [6.07, 6.45) is 5.90. The van der Waals surface area contributed by atoms with Crippen molar-refractivity contribution in [1.82, 2.24) is 10.2 Å². The van der Waals surface area contributed by atoms with Crippen molar-refractivity contribution < 1.29 is 9.53 Å². The Labute approximate surface area is 151 Å². The van der Waals surface area contributed by atoms with E-state index in [1.165, 1.54) is 19.3 Å². The van der Waals surface area contributed by atoms with E-state index < -0.39 is 0 Å². The summed E-state index contributed by atoms with van der Waals surface area (Å²) in [5.74, 6) is 1.81. The summed E-state index contributed by atoms with van der Waals surface area (Å²) in [5, 5.41) is 3.36. The summed E-state index contributed by atoms with van der Waals surface area (Å²) < 4.78 is 5.16. The lowest BCUT2D eigenvalue weighted by atomic mass is 9.98. The molecule has 22 heavy (non-hydrogen) atoms. The molecule has 128 valence electrons. The van der Waals surface area contributed by atoms with Crippen molar-refractivity contribution >= 4 is 35.9 Å². The van der Waals surface area contributed by atoms with Gasteiger partial charge in [-0.15, -0.1) is 24.0 Å². The molecule has 0 radical (unpaired) electrons. The van der Waals surface area contributed by atoms with Gasteiger partial charge < -0.3 is 15.0 Å². The van der Waals surface area contributed by atoms with Crippen molar-refractivity contribution in [2.75, 3.05) is 32.8 Å². The molecular weight excluding hydrogens is 393 g/mol. The molecule has 1 saturated heterocycles. The van der Waals surface area contributed by atoms with Crippen molar-refractivity contribution in [3.8, 4) is 0 Å². The van der Waals surface area contributed by atoms with Crippen LogP contribution in [0.2, 0.25) is 0 Å². The number of hydrogen-bond acceptors (Lipinski definition) is 3. The summed E-state index contributed by atoms with van der Waals surface area (Å²) in [6.45, 7) is 7.88. The van der Waals surface area contributed by atoms with Gasteiger partial charge in [-0.05, 0) is 39.0 Å². The highest BCUT2D eigenvalue weighted by Crippen LogP contribution is 2.32. The van der Waals surface area contributed by atoms with Crippen LogP contribution in [-0.4, -0.2) is 49.6 Å². The van der Waals surface area contributed by atoms with Gasteiger partial charge in [-0.2, -0.15) is 0 Å². The van der Waals surface area contributed by atoms with Gasteiger partial charge in [0.2, 0.25) is 0 Å². The minimum atomic E-state index is -0.0592. The zero-order valence-corrected chi connectivity index (χ0v) is 16.2. The molecule has 0 spiro atoms. The average molecular weight is 423 g/mol. The summed E-state index contributed by atoms with van der Waals surface area (Å²) >= 11 is 0. The second kappa shape index (κ2) is 10.3. The Morgan fingerprint density at radius 3 is 2.73 bits per heavy atom. The van der Waals surface area contributed by atoms with Gasteiger partial charge in [-0.25, -0.2) is 0 Å². The molecule has 1 N–H and O–H groups in total. The van der Waals surface area contributed by atoms with Gasteiger partial charge >= 0.3 is 5.97 Å². The van der Waals surface area contributed by atoms with Crippen LogP contribution in [0.3, 0.4) is 0 Å². The van der Waals surface area contributed by atoms with Crippen LogP contribution in [0.1, 0.15) is 46.0 Å². The van der Waals surface area contributed by atoms with Crippen molar-refractivity contribution in [2.24, 2.45) is 16.8 Å². The molecular formula is C16H30IN3O2. The van der Waals surface area contributed by atoms with Crippen LogP contribution in [0, 0.1) is 11.8 Å². The van der Waals surface area contributed by atoms with E-state index in [2.05, 4.69) is 17.1 Å². The van der Waals surface area contributed by atoms with Crippen LogP contribution in [0.5, 0.6) is 0 Å². The van der Waals surface area contributed by atoms with Crippen molar-refractivity contribution in [3.05, 3.63) is 0 Å². The van der Waals surface area contributed by atoms with Crippen LogP contribution >= 0.6 is 24.0 Å². The number of hydrogen-bond donors (Lipinski definition) is 1. The standard InChI is InChI=1S/C16H29N3O2.HI/c1-3-17-16(18-10-9-13-7-8-13)19-11-5-6-14(12-19)15(20)21-4-2;/h13-14H,3-12H2,1-2H3,(H,17,18);1H. The van der Waals surface area contributed by atoms with E-state index in [4.69, 9.17) is 9.73 Å². The average Bonchev–Trinajstić information content (AvgIpc) is 3.31. The van der Waals surface area contributed by atoms with Gasteiger partial charge in [0.25, 0.3) is 0 Å². The van der Waals surface area contributed by atoms with Gasteiger partial charge in [0.15, 0.2) is 5.96 Å². The highest BCUT2D eigenvalue weighted by Gasteiger charge is 2.28. The molecule has 1 aliphatic carbocycles. The normalized spacial score (nSPS) is 22.0. The first-order valence-electron chi connectivity index (χ1n) is 8.44. The van der Waals surface area contributed by atoms with Crippen LogP contribution in [0.4, 0.5) is 0 Å². The Bertz CT molecular complexity index is 372. The summed E-state index contributed by atoms with van der Waals surface area (Å²) in [7, 11) is 0. The summed E-state index contributed by atoms with van der Waals surface area (Å²) in [6, 6.07) is 0. The molecule has 0 bridgehead atoms. The van der Waals surface area contributed by atoms with E-state index in [1.54, 1.807) is 0 Å². The molecule has 2 rings (SSSR count). The fraction of sp³-hybridized carbons (Fsp3) is 0.875. The number of esters is 1. The van der Waals surface area contributed by atoms with E-state index in [1.807, 2.05) is 6.92 Å². The van der Waals surface area contributed by atoms with Crippen LogP contribution < -0.4 is 5.32 Å². The van der Waals surface area contributed by atoms with E-state index in [-0.39, 0.29) is 35.9 Å². The first kappa shape index (κ1) is 19.5. The third-order valence-electron chi connectivity index (χ3n) is 4.17. The Morgan fingerprint density at radius 2 is 2.09 bits per heavy atom. The number of rotatable bonds is 6.